The lowest BCUT2D eigenvalue weighted by Crippen LogP contribution is -2.38. The number of fused-ring (bicyclic) bond motifs is 1. The van der Waals surface area contributed by atoms with E-state index in [1.54, 1.807) is 10.9 Å². The molecule has 0 amide bonds. The summed E-state index contributed by atoms with van der Waals surface area (Å²) >= 11 is 0. The Morgan fingerprint density at radius 3 is 2.88 bits per heavy atom. The lowest BCUT2D eigenvalue weighted by atomic mass is 9.88. The van der Waals surface area contributed by atoms with Crippen LogP contribution >= 0.6 is 0 Å². The Morgan fingerprint density at radius 1 is 1.38 bits per heavy atom. The first kappa shape index (κ1) is 17.1. The first-order valence-electron chi connectivity index (χ1n) is 8.31. The monoisotopic (exact) mass is 349 g/mol. The molecule has 3 rings (SSSR count). The zero-order valence-electron chi connectivity index (χ0n) is 13.8. The van der Waals surface area contributed by atoms with Gasteiger partial charge in [0, 0.05) is 19.3 Å². The van der Waals surface area contributed by atoms with E-state index in [9.17, 15) is 13.5 Å². The Balaban J connectivity index is 2.01. The smallest absolute Gasteiger partial charge is 0.246 e. The van der Waals surface area contributed by atoms with Gasteiger partial charge in [-0.1, -0.05) is 24.3 Å². The van der Waals surface area contributed by atoms with E-state index in [-0.39, 0.29) is 24.1 Å². The molecule has 0 bridgehead atoms. The summed E-state index contributed by atoms with van der Waals surface area (Å²) in [6.45, 7) is 2.40. The summed E-state index contributed by atoms with van der Waals surface area (Å²) < 4.78 is 29.3. The minimum atomic E-state index is -3.70. The molecule has 0 spiro atoms. The highest BCUT2D eigenvalue weighted by molar-refractivity contribution is 7.89. The van der Waals surface area contributed by atoms with Crippen LogP contribution in [0.1, 0.15) is 36.9 Å². The maximum absolute atomic E-state index is 13.1. The fraction of sp³-hybridized carbons (Fsp3) is 0.471. The van der Waals surface area contributed by atoms with Crippen molar-refractivity contribution >= 4 is 10.0 Å². The highest BCUT2D eigenvalue weighted by Crippen LogP contribution is 2.37. The predicted octanol–water partition coefficient (Wildman–Crippen LogP) is 1.96. The molecule has 2 aromatic rings. The molecule has 1 heterocycles. The van der Waals surface area contributed by atoms with Gasteiger partial charge in [-0.15, -0.1) is 0 Å². The topological polar surface area (TPSA) is 75.4 Å². The quantitative estimate of drug-likeness (QED) is 0.865. The first-order chi connectivity index (χ1) is 11.6. The molecule has 24 heavy (non-hydrogen) atoms. The van der Waals surface area contributed by atoms with Gasteiger partial charge in [-0.3, -0.25) is 4.68 Å². The van der Waals surface area contributed by atoms with Gasteiger partial charge < -0.3 is 5.11 Å². The summed E-state index contributed by atoms with van der Waals surface area (Å²) in [7, 11) is -3.70. The molecule has 1 aromatic carbocycles. The highest BCUT2D eigenvalue weighted by Gasteiger charge is 2.35. The van der Waals surface area contributed by atoms with Crippen molar-refractivity contribution in [3.63, 3.8) is 0 Å². The zero-order valence-corrected chi connectivity index (χ0v) is 14.6. The van der Waals surface area contributed by atoms with Crippen molar-refractivity contribution in [3.8, 4) is 0 Å². The normalized spacial score (nSPS) is 17.9. The van der Waals surface area contributed by atoms with Crippen molar-refractivity contribution in [2.75, 3.05) is 13.2 Å². The average molecular weight is 349 g/mol. The number of hydrogen-bond donors (Lipinski definition) is 1. The van der Waals surface area contributed by atoms with Gasteiger partial charge in [0.05, 0.1) is 18.8 Å². The van der Waals surface area contributed by atoms with Crippen molar-refractivity contribution < 1.29 is 13.5 Å². The van der Waals surface area contributed by atoms with Gasteiger partial charge in [0.1, 0.15) is 4.90 Å². The number of aromatic nitrogens is 2. The molecule has 0 saturated heterocycles. The van der Waals surface area contributed by atoms with Gasteiger partial charge >= 0.3 is 0 Å². The van der Waals surface area contributed by atoms with E-state index in [2.05, 4.69) is 11.2 Å². The van der Waals surface area contributed by atoms with Crippen molar-refractivity contribution in [2.24, 2.45) is 0 Å². The number of rotatable bonds is 6. The second kappa shape index (κ2) is 7.04. The molecular formula is C17H23N3O3S. The third-order valence-corrected chi connectivity index (χ3v) is 6.41. The van der Waals surface area contributed by atoms with E-state index in [1.165, 1.54) is 16.1 Å². The van der Waals surface area contributed by atoms with E-state index in [4.69, 9.17) is 0 Å². The molecule has 0 saturated carbocycles. The minimum absolute atomic E-state index is 0.0820. The first-order valence-corrected chi connectivity index (χ1v) is 9.75. The van der Waals surface area contributed by atoms with Crippen LogP contribution in [0.25, 0.3) is 0 Å². The maximum atomic E-state index is 13.1. The zero-order chi connectivity index (χ0) is 17.2. The van der Waals surface area contributed by atoms with Gasteiger partial charge in [-0.05, 0) is 37.3 Å². The van der Waals surface area contributed by atoms with Crippen molar-refractivity contribution in [1.82, 2.24) is 14.1 Å². The SMILES string of the molecule is CCn1cc(S(=O)(=O)N(CCO)[C@H]2CCCc3ccccc32)cn1. The summed E-state index contributed by atoms with van der Waals surface area (Å²) in [4.78, 5) is 0.181. The minimum Gasteiger partial charge on any atom is -0.395 e. The molecule has 1 aliphatic carbocycles. The van der Waals surface area contributed by atoms with E-state index < -0.39 is 10.0 Å². The molecule has 7 heteroatoms. The highest BCUT2D eigenvalue weighted by atomic mass is 32.2. The molecule has 1 N–H and O–H groups in total. The van der Waals surface area contributed by atoms with Crippen molar-refractivity contribution in [1.29, 1.82) is 0 Å². The fourth-order valence-corrected chi connectivity index (χ4v) is 4.94. The van der Waals surface area contributed by atoms with Gasteiger partial charge in [0.15, 0.2) is 0 Å². The molecule has 0 radical (unpaired) electrons. The molecule has 6 nitrogen and oxygen atoms in total. The van der Waals surface area contributed by atoms with Crippen LogP contribution in [0.15, 0.2) is 41.6 Å². The van der Waals surface area contributed by atoms with Crippen LogP contribution in [-0.4, -0.2) is 40.8 Å². The molecule has 1 atom stereocenters. The molecule has 0 aliphatic heterocycles. The van der Waals surface area contributed by atoms with Crippen LogP contribution in [0.2, 0.25) is 0 Å². The van der Waals surface area contributed by atoms with Gasteiger partial charge in [0.25, 0.3) is 0 Å². The van der Waals surface area contributed by atoms with Crippen LogP contribution in [0, 0.1) is 0 Å². The van der Waals surface area contributed by atoms with Crippen LogP contribution in [0.5, 0.6) is 0 Å². The molecule has 1 aromatic heterocycles. The molecule has 130 valence electrons. The number of aliphatic hydroxyl groups is 1. The summed E-state index contributed by atoms with van der Waals surface area (Å²) in [5.41, 5.74) is 2.24. The number of sulfonamides is 1. The second-order valence-electron chi connectivity index (χ2n) is 5.98. The Hall–Kier alpha value is -1.70. The standard InChI is InChI=1S/C17H23N3O3S/c1-2-19-13-15(12-18-19)24(22,23)20(10-11-21)17-9-5-7-14-6-3-4-8-16(14)17/h3-4,6,8,12-13,17,21H,2,5,7,9-11H2,1H3/t17-/m0/s1. The number of hydrogen-bond acceptors (Lipinski definition) is 4. The number of aliphatic hydroxyl groups excluding tert-OH is 1. The largest absolute Gasteiger partial charge is 0.395 e. The summed E-state index contributed by atoms with van der Waals surface area (Å²) in [5, 5.41) is 13.5. The Labute approximate surface area is 142 Å². The van der Waals surface area contributed by atoms with E-state index in [0.717, 1.165) is 24.8 Å². The second-order valence-corrected chi connectivity index (χ2v) is 7.87. The lowest BCUT2D eigenvalue weighted by molar-refractivity contribution is 0.215. The van der Waals surface area contributed by atoms with Crippen LogP contribution < -0.4 is 0 Å². The van der Waals surface area contributed by atoms with Crippen LogP contribution in [0.3, 0.4) is 0 Å². The van der Waals surface area contributed by atoms with E-state index in [1.807, 2.05) is 25.1 Å². The van der Waals surface area contributed by atoms with E-state index in [0.29, 0.717) is 6.54 Å². The van der Waals surface area contributed by atoms with Crippen LogP contribution in [0.4, 0.5) is 0 Å². The summed E-state index contributed by atoms with van der Waals surface area (Å²) in [6.07, 6.45) is 5.60. The van der Waals surface area contributed by atoms with Crippen molar-refractivity contribution in [3.05, 3.63) is 47.8 Å². The predicted molar refractivity (Wildman–Crippen MR) is 91.0 cm³/mol. The van der Waals surface area contributed by atoms with Crippen molar-refractivity contribution in [2.45, 2.75) is 43.7 Å². The maximum Gasteiger partial charge on any atom is 0.246 e. The van der Waals surface area contributed by atoms with Crippen LogP contribution in [-0.2, 0) is 23.0 Å². The van der Waals surface area contributed by atoms with Gasteiger partial charge in [0.2, 0.25) is 10.0 Å². The third-order valence-electron chi connectivity index (χ3n) is 4.55. The Bertz CT molecular complexity index is 801. The third kappa shape index (κ3) is 3.11. The average Bonchev–Trinajstić information content (AvgIpc) is 3.09. The lowest BCUT2D eigenvalue weighted by Gasteiger charge is -2.34. The van der Waals surface area contributed by atoms with Gasteiger partial charge in [-0.25, -0.2) is 8.42 Å². The molecule has 0 fully saturated rings. The number of nitrogens with zero attached hydrogens (tertiary/aromatic N) is 3. The molecule has 1 aliphatic rings. The summed E-state index contributed by atoms with van der Waals surface area (Å²) in [5.74, 6) is 0. The fourth-order valence-electron chi connectivity index (χ4n) is 3.36. The van der Waals surface area contributed by atoms with E-state index >= 15 is 0 Å². The number of benzene rings is 1. The summed E-state index contributed by atoms with van der Waals surface area (Å²) in [6, 6.07) is 7.74. The molecule has 0 unspecified atom stereocenters. The molecular weight excluding hydrogens is 326 g/mol. The Kier molecular flexibility index (Phi) is 5.03. The Morgan fingerprint density at radius 2 is 2.17 bits per heavy atom. The number of aryl methyl sites for hydroxylation is 2. The van der Waals surface area contributed by atoms with Gasteiger partial charge in [-0.2, -0.15) is 9.40 Å².